The van der Waals surface area contributed by atoms with Crippen LogP contribution in [0.4, 0.5) is 11.4 Å². The van der Waals surface area contributed by atoms with Crippen LogP contribution in [0.15, 0.2) is 42.5 Å². The first-order valence-electron chi connectivity index (χ1n) is 5.68. The van der Waals surface area contributed by atoms with Crippen molar-refractivity contribution in [3.63, 3.8) is 0 Å². The first-order valence-corrected chi connectivity index (χ1v) is 6.06. The normalized spacial score (nSPS) is 10.2. The maximum absolute atomic E-state index is 11.0. The van der Waals surface area contributed by atoms with Crippen molar-refractivity contribution >= 4 is 28.9 Å². The zero-order chi connectivity index (χ0) is 13.8. The van der Waals surface area contributed by atoms with E-state index in [-0.39, 0.29) is 11.3 Å². The first-order chi connectivity index (χ1) is 9.08. The van der Waals surface area contributed by atoms with E-state index in [1.807, 2.05) is 24.3 Å². The van der Waals surface area contributed by atoms with Gasteiger partial charge >= 0.3 is 5.97 Å². The van der Waals surface area contributed by atoms with Crippen LogP contribution in [0, 0.1) is 0 Å². The van der Waals surface area contributed by atoms with Crippen LogP contribution >= 0.6 is 11.6 Å². The molecule has 0 spiro atoms. The van der Waals surface area contributed by atoms with Gasteiger partial charge in [0.1, 0.15) is 0 Å². The molecule has 0 aliphatic carbocycles. The highest BCUT2D eigenvalue weighted by Crippen LogP contribution is 2.20. The van der Waals surface area contributed by atoms with Crippen LogP contribution < -0.4 is 11.1 Å². The fourth-order valence-corrected chi connectivity index (χ4v) is 1.89. The highest BCUT2D eigenvalue weighted by molar-refractivity contribution is 6.31. The third-order valence-electron chi connectivity index (χ3n) is 2.72. The number of halogens is 1. The second-order valence-corrected chi connectivity index (χ2v) is 4.46. The summed E-state index contributed by atoms with van der Waals surface area (Å²) in [7, 11) is 0. The number of nitrogen functional groups attached to an aromatic ring is 1. The molecule has 0 fully saturated rings. The quantitative estimate of drug-likeness (QED) is 0.750. The molecule has 4 N–H and O–H groups in total. The first kappa shape index (κ1) is 13.2. The summed E-state index contributed by atoms with van der Waals surface area (Å²) < 4.78 is 0. The number of benzene rings is 2. The van der Waals surface area contributed by atoms with Gasteiger partial charge in [-0.25, -0.2) is 4.79 Å². The Bertz CT molecular complexity index is 614. The Morgan fingerprint density at radius 2 is 2.00 bits per heavy atom. The molecule has 0 radical (unpaired) electrons. The Morgan fingerprint density at radius 1 is 1.26 bits per heavy atom. The Hall–Kier alpha value is -2.20. The van der Waals surface area contributed by atoms with Crippen molar-refractivity contribution in [2.45, 2.75) is 6.54 Å². The van der Waals surface area contributed by atoms with Gasteiger partial charge in [0.2, 0.25) is 0 Å². The van der Waals surface area contributed by atoms with E-state index < -0.39 is 5.97 Å². The smallest absolute Gasteiger partial charge is 0.337 e. The van der Waals surface area contributed by atoms with Gasteiger partial charge in [-0.05, 0) is 29.8 Å². The summed E-state index contributed by atoms with van der Waals surface area (Å²) in [6, 6.07) is 12.3. The number of carboxylic acids is 1. The highest BCUT2D eigenvalue weighted by atomic mass is 35.5. The van der Waals surface area contributed by atoms with Crippen molar-refractivity contribution in [1.29, 1.82) is 0 Å². The van der Waals surface area contributed by atoms with Gasteiger partial charge in [-0.1, -0.05) is 29.8 Å². The minimum Gasteiger partial charge on any atom is -0.478 e. The van der Waals surface area contributed by atoms with E-state index in [2.05, 4.69) is 5.32 Å². The summed E-state index contributed by atoms with van der Waals surface area (Å²) in [5, 5.41) is 12.8. The van der Waals surface area contributed by atoms with Crippen molar-refractivity contribution < 1.29 is 9.90 Å². The molecule has 0 aliphatic rings. The molecule has 0 unspecified atom stereocenters. The van der Waals surface area contributed by atoms with Crippen molar-refractivity contribution in [3.8, 4) is 0 Å². The Morgan fingerprint density at radius 3 is 2.68 bits per heavy atom. The standard InChI is InChI=1S/C14H13ClN2O2/c15-12-4-2-1-3-9(12)8-17-10-5-6-13(16)11(7-10)14(18)19/h1-7,17H,8,16H2,(H,18,19). The van der Waals surface area contributed by atoms with Gasteiger partial charge in [-0.2, -0.15) is 0 Å². The molecule has 0 saturated heterocycles. The minimum absolute atomic E-state index is 0.0872. The maximum Gasteiger partial charge on any atom is 0.337 e. The lowest BCUT2D eigenvalue weighted by molar-refractivity contribution is 0.0698. The molecule has 0 aromatic heterocycles. The van der Waals surface area contributed by atoms with E-state index in [9.17, 15) is 4.79 Å². The van der Waals surface area contributed by atoms with Gasteiger partial charge in [-0.3, -0.25) is 0 Å². The monoisotopic (exact) mass is 276 g/mol. The number of hydrogen-bond acceptors (Lipinski definition) is 3. The van der Waals surface area contributed by atoms with Crippen LogP contribution in [0.25, 0.3) is 0 Å². The number of carboxylic acid groups (broad SMARTS) is 1. The van der Waals surface area contributed by atoms with E-state index in [4.69, 9.17) is 22.4 Å². The molecule has 2 rings (SSSR count). The lowest BCUT2D eigenvalue weighted by atomic mass is 10.1. The molecule has 2 aromatic carbocycles. The number of hydrogen-bond donors (Lipinski definition) is 3. The third-order valence-corrected chi connectivity index (χ3v) is 3.09. The Balaban J connectivity index is 2.14. The Labute approximate surface area is 115 Å². The molecule has 0 bridgehead atoms. The summed E-state index contributed by atoms with van der Waals surface area (Å²) in [4.78, 5) is 11.0. The predicted molar refractivity (Wildman–Crippen MR) is 76.6 cm³/mol. The summed E-state index contributed by atoms with van der Waals surface area (Å²) in [6.45, 7) is 0.517. The number of nitrogens with two attached hydrogens (primary N) is 1. The van der Waals surface area contributed by atoms with E-state index in [0.29, 0.717) is 17.3 Å². The predicted octanol–water partition coefficient (Wildman–Crippen LogP) is 3.23. The summed E-state index contributed by atoms with van der Waals surface area (Å²) in [6.07, 6.45) is 0. The van der Waals surface area contributed by atoms with Crippen molar-refractivity contribution in [2.24, 2.45) is 0 Å². The second kappa shape index (κ2) is 5.63. The van der Waals surface area contributed by atoms with Gasteiger partial charge in [0.05, 0.1) is 5.56 Å². The number of aromatic carboxylic acids is 1. The van der Waals surface area contributed by atoms with E-state index >= 15 is 0 Å². The fourth-order valence-electron chi connectivity index (χ4n) is 1.69. The van der Waals surface area contributed by atoms with Crippen molar-refractivity contribution in [3.05, 3.63) is 58.6 Å². The van der Waals surface area contributed by atoms with Gasteiger partial charge in [0.15, 0.2) is 0 Å². The van der Waals surface area contributed by atoms with Crippen LogP contribution in [-0.4, -0.2) is 11.1 Å². The fraction of sp³-hybridized carbons (Fsp3) is 0.0714. The zero-order valence-electron chi connectivity index (χ0n) is 10.1. The molecular weight excluding hydrogens is 264 g/mol. The van der Waals surface area contributed by atoms with Crippen LogP contribution in [0.1, 0.15) is 15.9 Å². The van der Waals surface area contributed by atoms with Crippen LogP contribution in [0.3, 0.4) is 0 Å². The van der Waals surface area contributed by atoms with Gasteiger partial charge in [-0.15, -0.1) is 0 Å². The average molecular weight is 277 g/mol. The van der Waals surface area contributed by atoms with Gasteiger partial charge in [0, 0.05) is 22.9 Å². The van der Waals surface area contributed by atoms with Gasteiger partial charge in [0.25, 0.3) is 0 Å². The SMILES string of the molecule is Nc1ccc(NCc2ccccc2Cl)cc1C(=O)O. The molecular formula is C14H13ClN2O2. The summed E-state index contributed by atoms with van der Waals surface area (Å²) in [5.74, 6) is -1.04. The molecule has 4 nitrogen and oxygen atoms in total. The molecule has 0 saturated carbocycles. The van der Waals surface area contributed by atoms with Crippen LogP contribution in [0.5, 0.6) is 0 Å². The van der Waals surface area contributed by atoms with E-state index in [1.165, 1.54) is 6.07 Å². The second-order valence-electron chi connectivity index (χ2n) is 4.05. The van der Waals surface area contributed by atoms with E-state index in [1.54, 1.807) is 12.1 Å². The lowest BCUT2D eigenvalue weighted by Gasteiger charge is -2.09. The largest absolute Gasteiger partial charge is 0.478 e. The van der Waals surface area contributed by atoms with Crippen LogP contribution in [0.2, 0.25) is 5.02 Å². The molecule has 0 aliphatic heterocycles. The third kappa shape index (κ3) is 3.17. The molecule has 2 aromatic rings. The number of nitrogens with one attached hydrogen (secondary N) is 1. The number of carbonyl (C=O) groups is 1. The molecule has 19 heavy (non-hydrogen) atoms. The summed E-state index contributed by atoms with van der Waals surface area (Å²) >= 11 is 6.04. The van der Waals surface area contributed by atoms with Gasteiger partial charge < -0.3 is 16.2 Å². The Kier molecular flexibility index (Phi) is 3.92. The number of anilines is 2. The lowest BCUT2D eigenvalue weighted by Crippen LogP contribution is -2.05. The molecule has 0 atom stereocenters. The molecule has 98 valence electrons. The van der Waals surface area contributed by atoms with Crippen molar-refractivity contribution in [2.75, 3.05) is 11.1 Å². The van der Waals surface area contributed by atoms with Crippen LogP contribution in [-0.2, 0) is 6.54 Å². The van der Waals surface area contributed by atoms with Crippen molar-refractivity contribution in [1.82, 2.24) is 0 Å². The molecule has 5 heteroatoms. The number of rotatable bonds is 4. The minimum atomic E-state index is -1.04. The highest BCUT2D eigenvalue weighted by Gasteiger charge is 2.08. The average Bonchev–Trinajstić information content (AvgIpc) is 2.39. The molecule has 0 amide bonds. The topological polar surface area (TPSA) is 75.3 Å². The molecule has 0 heterocycles. The maximum atomic E-state index is 11.0. The summed E-state index contributed by atoms with van der Waals surface area (Å²) in [5.41, 5.74) is 7.55. The zero-order valence-corrected chi connectivity index (χ0v) is 10.8. The van der Waals surface area contributed by atoms with E-state index in [0.717, 1.165) is 5.56 Å².